The molecule has 174 valence electrons. The van der Waals surface area contributed by atoms with Crippen LogP contribution in [0.3, 0.4) is 0 Å². The molecule has 0 fully saturated rings. The average molecular weight is 453 g/mol. The van der Waals surface area contributed by atoms with Gasteiger partial charge in [-0.2, -0.15) is 4.98 Å². The van der Waals surface area contributed by atoms with Crippen LogP contribution in [0.1, 0.15) is 36.7 Å². The lowest BCUT2D eigenvalue weighted by Crippen LogP contribution is -2.21. The molecular weight excluding hydrogens is 426 g/mol. The average Bonchev–Trinajstić information content (AvgIpc) is 3.15. The SMILES string of the molecule is CCCCOc1ccc(NC(=O)Nc2[nH]c(Cc3ccc(CO)cc3)nc2OC(N)=O)cc1. The molecule has 1 heterocycles. The second-order valence-electron chi connectivity index (χ2n) is 7.24. The summed E-state index contributed by atoms with van der Waals surface area (Å²) < 4.78 is 10.5. The third-order valence-corrected chi connectivity index (χ3v) is 4.61. The van der Waals surface area contributed by atoms with Crippen LogP contribution in [0.15, 0.2) is 48.5 Å². The fraction of sp³-hybridized carbons (Fsp3) is 0.261. The van der Waals surface area contributed by atoms with Gasteiger partial charge in [-0.1, -0.05) is 37.6 Å². The van der Waals surface area contributed by atoms with Gasteiger partial charge in [0.25, 0.3) is 5.88 Å². The largest absolute Gasteiger partial charge is 0.494 e. The van der Waals surface area contributed by atoms with Gasteiger partial charge in [0.05, 0.1) is 13.2 Å². The highest BCUT2D eigenvalue weighted by Gasteiger charge is 2.17. The Hall–Kier alpha value is -4.05. The van der Waals surface area contributed by atoms with Crippen molar-refractivity contribution in [2.75, 3.05) is 17.2 Å². The number of aromatic amines is 1. The highest BCUT2D eigenvalue weighted by atomic mass is 16.6. The number of anilines is 2. The molecule has 0 radical (unpaired) electrons. The van der Waals surface area contributed by atoms with E-state index in [0.717, 1.165) is 29.7 Å². The highest BCUT2D eigenvalue weighted by Crippen LogP contribution is 2.23. The maximum absolute atomic E-state index is 12.5. The molecule has 3 amide bonds. The topological polar surface area (TPSA) is 152 Å². The van der Waals surface area contributed by atoms with Crippen LogP contribution in [0.4, 0.5) is 21.1 Å². The summed E-state index contributed by atoms with van der Waals surface area (Å²) in [5, 5.41) is 14.4. The predicted molar refractivity (Wildman–Crippen MR) is 123 cm³/mol. The molecule has 3 rings (SSSR count). The number of aliphatic hydroxyl groups is 1. The number of amides is 3. The summed E-state index contributed by atoms with van der Waals surface area (Å²) in [6, 6.07) is 13.7. The molecule has 0 atom stereocenters. The lowest BCUT2D eigenvalue weighted by molar-refractivity contribution is 0.209. The van der Waals surface area contributed by atoms with Gasteiger partial charge in [0.2, 0.25) is 0 Å². The molecule has 0 aliphatic rings. The van der Waals surface area contributed by atoms with E-state index < -0.39 is 12.1 Å². The van der Waals surface area contributed by atoms with E-state index in [9.17, 15) is 9.59 Å². The Kier molecular flexibility index (Phi) is 8.25. The van der Waals surface area contributed by atoms with E-state index in [1.807, 2.05) is 12.1 Å². The molecule has 0 saturated carbocycles. The summed E-state index contributed by atoms with van der Waals surface area (Å²) in [4.78, 5) is 30.8. The molecule has 0 aliphatic heterocycles. The maximum Gasteiger partial charge on any atom is 0.411 e. The van der Waals surface area contributed by atoms with Gasteiger partial charge in [-0.15, -0.1) is 0 Å². The molecule has 0 saturated heterocycles. The van der Waals surface area contributed by atoms with Crippen molar-refractivity contribution >= 4 is 23.6 Å². The number of nitrogens with one attached hydrogen (secondary N) is 3. The number of aliphatic hydroxyl groups excluding tert-OH is 1. The maximum atomic E-state index is 12.5. The fourth-order valence-electron chi connectivity index (χ4n) is 2.94. The minimum Gasteiger partial charge on any atom is -0.494 e. The summed E-state index contributed by atoms with van der Waals surface area (Å²) in [6.45, 7) is 2.68. The van der Waals surface area contributed by atoms with Crippen LogP contribution in [0.25, 0.3) is 0 Å². The second-order valence-corrected chi connectivity index (χ2v) is 7.24. The summed E-state index contributed by atoms with van der Waals surface area (Å²) in [6.07, 6.45) is 1.34. The van der Waals surface area contributed by atoms with Gasteiger partial charge in [-0.05, 0) is 41.8 Å². The number of rotatable bonds is 10. The smallest absolute Gasteiger partial charge is 0.411 e. The van der Waals surface area contributed by atoms with Crippen molar-refractivity contribution < 1.29 is 24.2 Å². The number of carbonyl (C=O) groups excluding carboxylic acids is 2. The zero-order chi connectivity index (χ0) is 23.6. The number of ether oxygens (including phenoxy) is 2. The quantitative estimate of drug-likeness (QED) is 0.295. The fourth-order valence-corrected chi connectivity index (χ4v) is 2.94. The molecular formula is C23H27N5O5. The molecule has 0 aliphatic carbocycles. The molecule has 0 unspecified atom stereocenters. The number of unbranched alkanes of at least 4 members (excludes halogenated alkanes) is 1. The van der Waals surface area contributed by atoms with Gasteiger partial charge in [-0.25, -0.2) is 9.59 Å². The predicted octanol–water partition coefficient (Wildman–Crippen LogP) is 3.77. The van der Waals surface area contributed by atoms with Crippen LogP contribution in [0.5, 0.6) is 11.6 Å². The van der Waals surface area contributed by atoms with E-state index in [0.29, 0.717) is 24.5 Å². The Balaban J connectivity index is 1.65. The monoisotopic (exact) mass is 453 g/mol. The van der Waals surface area contributed by atoms with Gasteiger partial charge in [0, 0.05) is 12.1 Å². The van der Waals surface area contributed by atoms with Gasteiger partial charge >= 0.3 is 12.1 Å². The number of primary amides is 1. The molecule has 6 N–H and O–H groups in total. The van der Waals surface area contributed by atoms with Crippen LogP contribution >= 0.6 is 0 Å². The first-order valence-electron chi connectivity index (χ1n) is 10.5. The Morgan fingerprint density at radius 3 is 2.39 bits per heavy atom. The third kappa shape index (κ3) is 7.25. The van der Waals surface area contributed by atoms with E-state index in [1.54, 1.807) is 36.4 Å². The Labute approximate surface area is 191 Å². The van der Waals surface area contributed by atoms with E-state index in [2.05, 4.69) is 27.5 Å². The zero-order valence-corrected chi connectivity index (χ0v) is 18.3. The van der Waals surface area contributed by atoms with E-state index in [-0.39, 0.29) is 18.3 Å². The summed E-state index contributed by atoms with van der Waals surface area (Å²) >= 11 is 0. The molecule has 10 nitrogen and oxygen atoms in total. The zero-order valence-electron chi connectivity index (χ0n) is 18.3. The molecule has 3 aromatic rings. The van der Waals surface area contributed by atoms with Gasteiger partial charge in [0.1, 0.15) is 11.6 Å². The van der Waals surface area contributed by atoms with Crippen molar-refractivity contribution in [1.82, 2.24) is 9.97 Å². The van der Waals surface area contributed by atoms with Crippen LogP contribution in [0.2, 0.25) is 0 Å². The van der Waals surface area contributed by atoms with Crippen molar-refractivity contribution in [1.29, 1.82) is 0 Å². The van der Waals surface area contributed by atoms with E-state index >= 15 is 0 Å². The standard InChI is InChI=1S/C23H27N5O5/c1-2-3-12-32-18-10-8-17(9-11-18)25-23(31)28-20-21(33-22(24)30)27-19(26-20)13-15-4-6-16(14-29)7-5-15/h4-11,29H,2-3,12-14H2,1H3,(H2,24,30)(H,26,27)(H2,25,28,31). The Morgan fingerprint density at radius 1 is 1.06 bits per heavy atom. The molecule has 10 heteroatoms. The van der Waals surface area contributed by atoms with Crippen molar-refractivity contribution in [3.05, 3.63) is 65.5 Å². The number of nitrogens with two attached hydrogens (primary N) is 1. The summed E-state index contributed by atoms with van der Waals surface area (Å²) in [7, 11) is 0. The first kappa shape index (κ1) is 23.6. The number of nitrogens with zero attached hydrogens (tertiary/aromatic N) is 1. The molecule has 0 spiro atoms. The number of imidazole rings is 1. The van der Waals surface area contributed by atoms with E-state index in [4.69, 9.17) is 20.3 Å². The number of benzene rings is 2. The van der Waals surface area contributed by atoms with Crippen LogP contribution in [-0.4, -0.2) is 33.8 Å². The lowest BCUT2D eigenvalue weighted by Gasteiger charge is -2.09. The van der Waals surface area contributed by atoms with Crippen molar-refractivity contribution in [2.45, 2.75) is 32.8 Å². The van der Waals surface area contributed by atoms with Crippen LogP contribution in [0, 0.1) is 0 Å². The van der Waals surface area contributed by atoms with Gasteiger partial charge in [-0.3, -0.25) is 5.32 Å². The normalized spacial score (nSPS) is 10.5. The molecule has 33 heavy (non-hydrogen) atoms. The summed E-state index contributed by atoms with van der Waals surface area (Å²) in [5.74, 6) is 1.12. The first-order chi connectivity index (χ1) is 16.0. The molecule has 1 aromatic heterocycles. The Morgan fingerprint density at radius 2 is 1.76 bits per heavy atom. The first-order valence-corrected chi connectivity index (χ1v) is 10.5. The van der Waals surface area contributed by atoms with Crippen LogP contribution in [-0.2, 0) is 13.0 Å². The van der Waals surface area contributed by atoms with Crippen molar-refractivity contribution in [3.63, 3.8) is 0 Å². The highest BCUT2D eigenvalue weighted by molar-refractivity contribution is 6.00. The number of H-pyrrole nitrogens is 1. The number of aromatic nitrogens is 2. The molecule has 2 aromatic carbocycles. The van der Waals surface area contributed by atoms with Crippen molar-refractivity contribution in [2.24, 2.45) is 5.73 Å². The third-order valence-electron chi connectivity index (χ3n) is 4.61. The minimum absolute atomic E-state index is 0.0462. The van der Waals surface area contributed by atoms with E-state index in [1.165, 1.54) is 0 Å². The number of hydrogen-bond donors (Lipinski definition) is 5. The Bertz CT molecular complexity index is 1060. The number of urea groups is 1. The second kappa shape index (κ2) is 11.5. The number of carbonyl (C=O) groups is 2. The van der Waals surface area contributed by atoms with Gasteiger partial charge in [0.15, 0.2) is 5.82 Å². The van der Waals surface area contributed by atoms with Gasteiger partial charge < -0.3 is 30.6 Å². The summed E-state index contributed by atoms with van der Waals surface area (Å²) in [5.41, 5.74) is 7.37. The lowest BCUT2D eigenvalue weighted by atomic mass is 10.1. The molecule has 0 bridgehead atoms. The van der Waals surface area contributed by atoms with Crippen molar-refractivity contribution in [3.8, 4) is 11.6 Å². The minimum atomic E-state index is -1.05. The number of hydrogen-bond acceptors (Lipinski definition) is 6. The van der Waals surface area contributed by atoms with Crippen LogP contribution < -0.4 is 25.8 Å².